The van der Waals surface area contributed by atoms with E-state index in [1.54, 1.807) is 0 Å². The second-order valence-corrected chi connectivity index (χ2v) is 8.71. The lowest BCUT2D eigenvalue weighted by Gasteiger charge is -2.34. The summed E-state index contributed by atoms with van der Waals surface area (Å²) in [5.41, 5.74) is 6.46. The number of rotatable bonds is 11. The molecule has 0 aromatic heterocycles. The van der Waals surface area contributed by atoms with E-state index in [0.29, 0.717) is 11.3 Å². The molecule has 0 spiro atoms. The summed E-state index contributed by atoms with van der Waals surface area (Å²) in [7, 11) is 0. The van der Waals surface area contributed by atoms with Gasteiger partial charge >= 0.3 is 0 Å². The minimum atomic E-state index is 0.429. The first-order valence-corrected chi connectivity index (χ1v) is 10.9. The van der Waals surface area contributed by atoms with Crippen molar-refractivity contribution < 1.29 is 0 Å². The van der Waals surface area contributed by atoms with Crippen molar-refractivity contribution in [3.8, 4) is 0 Å². The SMILES string of the molecule is CCCCCCCCCCC(N)C1SCCSC1CC. The molecule has 1 saturated heterocycles. The molecule has 0 saturated carbocycles. The van der Waals surface area contributed by atoms with Crippen LogP contribution in [0.2, 0.25) is 0 Å². The van der Waals surface area contributed by atoms with Crippen molar-refractivity contribution in [2.45, 2.75) is 94.6 Å². The standard InChI is InChI=1S/C17H35NS2/c1-3-5-6-7-8-9-10-11-12-15(18)17-16(4-2)19-13-14-20-17/h15-17H,3-14,18H2,1-2H3. The van der Waals surface area contributed by atoms with E-state index in [-0.39, 0.29) is 0 Å². The smallest absolute Gasteiger partial charge is 0.0317 e. The summed E-state index contributed by atoms with van der Waals surface area (Å²) in [4.78, 5) is 0. The molecule has 2 N–H and O–H groups in total. The lowest BCUT2D eigenvalue weighted by Crippen LogP contribution is -2.41. The molecule has 1 fully saturated rings. The Hall–Kier alpha value is 0.660. The van der Waals surface area contributed by atoms with Crippen molar-refractivity contribution in [1.82, 2.24) is 0 Å². The number of thioether (sulfide) groups is 2. The Morgan fingerprint density at radius 2 is 1.50 bits per heavy atom. The Bertz CT molecular complexity index is 223. The predicted octanol–water partition coefficient (Wildman–Crippen LogP) is 5.47. The fourth-order valence-corrected chi connectivity index (χ4v) is 6.25. The van der Waals surface area contributed by atoms with Gasteiger partial charge in [-0.3, -0.25) is 0 Å². The van der Waals surface area contributed by atoms with E-state index in [2.05, 4.69) is 37.4 Å². The molecular formula is C17H35NS2. The average molecular weight is 318 g/mol. The normalized spacial score (nSPS) is 24.8. The Morgan fingerprint density at radius 3 is 2.15 bits per heavy atom. The lowest BCUT2D eigenvalue weighted by atomic mass is 10.0. The Morgan fingerprint density at radius 1 is 0.900 bits per heavy atom. The average Bonchev–Trinajstić information content (AvgIpc) is 2.49. The quantitative estimate of drug-likeness (QED) is 0.512. The topological polar surface area (TPSA) is 26.0 Å². The van der Waals surface area contributed by atoms with Crippen LogP contribution in [-0.4, -0.2) is 28.0 Å². The second-order valence-electron chi connectivity index (χ2n) is 6.08. The Labute approximate surface area is 135 Å². The number of hydrogen-bond acceptors (Lipinski definition) is 3. The van der Waals surface area contributed by atoms with Crippen molar-refractivity contribution in [3.05, 3.63) is 0 Å². The zero-order chi connectivity index (χ0) is 14.6. The van der Waals surface area contributed by atoms with E-state index in [0.717, 1.165) is 5.25 Å². The summed E-state index contributed by atoms with van der Waals surface area (Å²) in [6, 6.07) is 0.429. The van der Waals surface area contributed by atoms with Gasteiger partial charge in [-0.05, 0) is 12.8 Å². The number of unbranched alkanes of at least 4 members (excludes halogenated alkanes) is 7. The summed E-state index contributed by atoms with van der Waals surface area (Å²) in [6.07, 6.45) is 13.7. The van der Waals surface area contributed by atoms with E-state index in [9.17, 15) is 0 Å². The molecule has 1 heterocycles. The van der Waals surface area contributed by atoms with Crippen LogP contribution in [0, 0.1) is 0 Å². The molecule has 1 nitrogen and oxygen atoms in total. The van der Waals surface area contributed by atoms with Crippen LogP contribution in [0.25, 0.3) is 0 Å². The highest BCUT2D eigenvalue weighted by atomic mass is 32.2. The van der Waals surface area contributed by atoms with Gasteiger partial charge < -0.3 is 5.73 Å². The molecule has 0 aliphatic carbocycles. The molecule has 3 unspecified atom stereocenters. The van der Waals surface area contributed by atoms with Crippen LogP contribution in [-0.2, 0) is 0 Å². The molecule has 0 bridgehead atoms. The molecule has 0 radical (unpaired) electrons. The van der Waals surface area contributed by atoms with Gasteiger partial charge in [0.15, 0.2) is 0 Å². The molecule has 0 aromatic rings. The second kappa shape index (κ2) is 12.2. The zero-order valence-corrected chi connectivity index (χ0v) is 15.2. The van der Waals surface area contributed by atoms with E-state index in [1.165, 1.54) is 75.7 Å². The highest BCUT2D eigenvalue weighted by Gasteiger charge is 2.29. The van der Waals surface area contributed by atoms with E-state index >= 15 is 0 Å². The molecule has 20 heavy (non-hydrogen) atoms. The third kappa shape index (κ3) is 7.61. The largest absolute Gasteiger partial charge is 0.327 e. The maximum Gasteiger partial charge on any atom is 0.0317 e. The zero-order valence-electron chi connectivity index (χ0n) is 13.6. The van der Waals surface area contributed by atoms with E-state index in [4.69, 9.17) is 5.73 Å². The van der Waals surface area contributed by atoms with E-state index in [1.807, 2.05) is 0 Å². The predicted molar refractivity (Wildman–Crippen MR) is 98.0 cm³/mol. The van der Waals surface area contributed by atoms with Crippen molar-refractivity contribution in [1.29, 1.82) is 0 Å². The maximum atomic E-state index is 6.46. The van der Waals surface area contributed by atoms with Crippen LogP contribution < -0.4 is 5.73 Å². The number of hydrogen-bond donors (Lipinski definition) is 1. The first-order valence-electron chi connectivity index (χ1n) is 8.78. The molecule has 1 rings (SSSR count). The summed E-state index contributed by atoms with van der Waals surface area (Å²) in [5, 5.41) is 1.51. The Balaban J connectivity index is 2.02. The van der Waals surface area contributed by atoms with Gasteiger partial charge in [-0.25, -0.2) is 0 Å². The minimum Gasteiger partial charge on any atom is -0.327 e. The molecule has 3 atom stereocenters. The molecule has 1 aliphatic rings. The van der Waals surface area contributed by atoms with Gasteiger partial charge in [0.2, 0.25) is 0 Å². The van der Waals surface area contributed by atoms with Gasteiger partial charge in [0.1, 0.15) is 0 Å². The van der Waals surface area contributed by atoms with Crippen molar-refractivity contribution in [3.63, 3.8) is 0 Å². The van der Waals surface area contributed by atoms with Crippen molar-refractivity contribution in [2.75, 3.05) is 11.5 Å². The molecule has 3 heteroatoms. The van der Waals surface area contributed by atoms with Crippen LogP contribution in [0.15, 0.2) is 0 Å². The number of nitrogens with two attached hydrogens (primary N) is 1. The molecule has 120 valence electrons. The first kappa shape index (κ1) is 18.7. The van der Waals surface area contributed by atoms with Gasteiger partial charge in [-0.1, -0.05) is 65.2 Å². The van der Waals surface area contributed by atoms with Crippen molar-refractivity contribution >= 4 is 23.5 Å². The molecule has 0 amide bonds. The highest BCUT2D eigenvalue weighted by molar-refractivity contribution is 8.07. The summed E-state index contributed by atoms with van der Waals surface area (Å²) in [6.45, 7) is 4.60. The summed E-state index contributed by atoms with van der Waals surface area (Å²) >= 11 is 4.29. The molecule has 0 aromatic carbocycles. The van der Waals surface area contributed by atoms with Gasteiger partial charge in [-0.15, -0.1) is 0 Å². The third-order valence-corrected chi connectivity index (χ3v) is 7.74. The third-order valence-electron chi connectivity index (χ3n) is 4.31. The van der Waals surface area contributed by atoms with Crippen LogP contribution >= 0.6 is 23.5 Å². The fourth-order valence-electron chi connectivity index (χ4n) is 3.01. The van der Waals surface area contributed by atoms with Crippen LogP contribution in [0.4, 0.5) is 0 Å². The Kier molecular flexibility index (Phi) is 11.4. The van der Waals surface area contributed by atoms with Gasteiger partial charge in [-0.2, -0.15) is 23.5 Å². The monoisotopic (exact) mass is 317 g/mol. The summed E-state index contributed by atoms with van der Waals surface area (Å²) < 4.78 is 0. The van der Waals surface area contributed by atoms with Crippen LogP contribution in [0.1, 0.15) is 78.1 Å². The van der Waals surface area contributed by atoms with Gasteiger partial charge in [0, 0.05) is 28.0 Å². The van der Waals surface area contributed by atoms with Gasteiger partial charge in [0.25, 0.3) is 0 Å². The molecular weight excluding hydrogens is 282 g/mol. The first-order chi connectivity index (χ1) is 9.79. The highest BCUT2D eigenvalue weighted by Crippen LogP contribution is 2.35. The maximum absolute atomic E-state index is 6.46. The fraction of sp³-hybridized carbons (Fsp3) is 1.00. The van der Waals surface area contributed by atoms with Crippen LogP contribution in [0.3, 0.4) is 0 Å². The summed E-state index contributed by atoms with van der Waals surface area (Å²) in [5.74, 6) is 2.63. The molecule has 1 aliphatic heterocycles. The van der Waals surface area contributed by atoms with E-state index < -0.39 is 0 Å². The van der Waals surface area contributed by atoms with Gasteiger partial charge in [0.05, 0.1) is 0 Å². The van der Waals surface area contributed by atoms with Crippen LogP contribution in [0.5, 0.6) is 0 Å². The van der Waals surface area contributed by atoms with Crippen molar-refractivity contribution in [2.24, 2.45) is 5.73 Å². The lowest BCUT2D eigenvalue weighted by molar-refractivity contribution is 0.506. The minimum absolute atomic E-state index is 0.429.